The highest BCUT2D eigenvalue weighted by atomic mass is 19.1. The van der Waals surface area contributed by atoms with Crippen LogP contribution in [0.5, 0.6) is 0 Å². The standard InChI is InChI=1S/C12H11FN2O/c1-8-6-14-15(7-8)12-4-3-10(13)5-11(12)9(2)16/h3-7H,1-2H3. The molecule has 1 aromatic heterocycles. The van der Waals surface area contributed by atoms with Gasteiger partial charge in [-0.25, -0.2) is 9.07 Å². The predicted molar refractivity (Wildman–Crippen MR) is 58.3 cm³/mol. The van der Waals surface area contributed by atoms with Crippen LogP contribution in [0.3, 0.4) is 0 Å². The first kappa shape index (κ1) is 10.5. The molecule has 0 unspecified atom stereocenters. The van der Waals surface area contributed by atoms with E-state index in [0.29, 0.717) is 11.3 Å². The third kappa shape index (κ3) is 1.86. The van der Waals surface area contributed by atoms with Crippen LogP contribution >= 0.6 is 0 Å². The molecule has 16 heavy (non-hydrogen) atoms. The third-order valence-electron chi connectivity index (χ3n) is 2.30. The molecule has 2 rings (SSSR count). The number of carbonyl (C=O) groups excluding carboxylic acids is 1. The molecule has 0 radical (unpaired) electrons. The average Bonchev–Trinajstić information content (AvgIpc) is 2.64. The highest BCUT2D eigenvalue weighted by Crippen LogP contribution is 2.16. The van der Waals surface area contributed by atoms with E-state index in [-0.39, 0.29) is 5.78 Å². The van der Waals surface area contributed by atoms with Gasteiger partial charge in [0.2, 0.25) is 0 Å². The first-order valence-electron chi connectivity index (χ1n) is 4.90. The van der Waals surface area contributed by atoms with Gasteiger partial charge in [0.1, 0.15) is 5.82 Å². The largest absolute Gasteiger partial charge is 0.294 e. The molecule has 82 valence electrons. The summed E-state index contributed by atoms with van der Waals surface area (Å²) in [6.45, 7) is 3.31. The minimum absolute atomic E-state index is 0.178. The maximum absolute atomic E-state index is 13.0. The highest BCUT2D eigenvalue weighted by molar-refractivity contribution is 5.97. The van der Waals surface area contributed by atoms with E-state index in [4.69, 9.17) is 0 Å². The Labute approximate surface area is 92.5 Å². The number of nitrogens with zero attached hydrogens (tertiary/aromatic N) is 2. The van der Waals surface area contributed by atoms with Crippen molar-refractivity contribution in [3.63, 3.8) is 0 Å². The van der Waals surface area contributed by atoms with E-state index < -0.39 is 5.82 Å². The van der Waals surface area contributed by atoms with E-state index in [0.717, 1.165) is 5.56 Å². The minimum atomic E-state index is -0.419. The van der Waals surface area contributed by atoms with Gasteiger partial charge in [-0.2, -0.15) is 5.10 Å². The molecule has 0 atom stereocenters. The molecular weight excluding hydrogens is 207 g/mol. The van der Waals surface area contributed by atoms with Crippen molar-refractivity contribution in [3.8, 4) is 5.69 Å². The summed E-state index contributed by atoms with van der Waals surface area (Å²) >= 11 is 0. The normalized spacial score (nSPS) is 10.4. The lowest BCUT2D eigenvalue weighted by molar-refractivity contribution is 0.101. The van der Waals surface area contributed by atoms with Gasteiger partial charge in [-0.3, -0.25) is 4.79 Å². The summed E-state index contributed by atoms with van der Waals surface area (Å²) in [5, 5.41) is 4.10. The van der Waals surface area contributed by atoms with Crippen molar-refractivity contribution in [3.05, 3.63) is 47.5 Å². The van der Waals surface area contributed by atoms with Crippen LogP contribution in [0.4, 0.5) is 4.39 Å². The lowest BCUT2D eigenvalue weighted by atomic mass is 10.1. The van der Waals surface area contributed by atoms with Crippen LogP contribution in [0.25, 0.3) is 5.69 Å². The Balaban J connectivity index is 2.60. The van der Waals surface area contributed by atoms with Crippen molar-refractivity contribution in [1.29, 1.82) is 0 Å². The fourth-order valence-corrected chi connectivity index (χ4v) is 1.53. The number of benzene rings is 1. The van der Waals surface area contributed by atoms with E-state index in [1.165, 1.54) is 19.1 Å². The van der Waals surface area contributed by atoms with Crippen molar-refractivity contribution in [2.45, 2.75) is 13.8 Å². The summed E-state index contributed by atoms with van der Waals surface area (Å²) in [6.07, 6.45) is 3.48. The number of hydrogen-bond acceptors (Lipinski definition) is 2. The molecule has 1 heterocycles. The second-order valence-corrected chi connectivity index (χ2v) is 3.68. The van der Waals surface area contributed by atoms with E-state index in [9.17, 15) is 9.18 Å². The monoisotopic (exact) mass is 218 g/mol. The highest BCUT2D eigenvalue weighted by Gasteiger charge is 2.10. The number of aromatic nitrogens is 2. The first-order chi connectivity index (χ1) is 7.58. The maximum atomic E-state index is 13.0. The molecule has 3 nitrogen and oxygen atoms in total. The summed E-state index contributed by atoms with van der Waals surface area (Å²) in [5.41, 5.74) is 1.92. The van der Waals surface area contributed by atoms with Crippen LogP contribution in [0.2, 0.25) is 0 Å². The molecule has 0 saturated heterocycles. The number of aryl methyl sites for hydroxylation is 1. The number of carbonyl (C=O) groups is 1. The maximum Gasteiger partial charge on any atom is 0.162 e. The first-order valence-corrected chi connectivity index (χ1v) is 4.90. The Bertz CT molecular complexity index is 546. The van der Waals surface area contributed by atoms with Gasteiger partial charge in [-0.15, -0.1) is 0 Å². The second kappa shape index (κ2) is 3.89. The van der Waals surface area contributed by atoms with Crippen LogP contribution in [-0.2, 0) is 0 Å². The molecule has 0 aliphatic heterocycles. The summed E-state index contributed by atoms with van der Waals surface area (Å²) in [7, 11) is 0. The van der Waals surface area contributed by atoms with Crippen molar-refractivity contribution >= 4 is 5.78 Å². The van der Waals surface area contributed by atoms with Crippen LogP contribution in [-0.4, -0.2) is 15.6 Å². The van der Waals surface area contributed by atoms with Crippen molar-refractivity contribution < 1.29 is 9.18 Å². The van der Waals surface area contributed by atoms with Crippen molar-refractivity contribution in [1.82, 2.24) is 9.78 Å². The summed E-state index contributed by atoms with van der Waals surface area (Å²) in [5.74, 6) is -0.597. The van der Waals surface area contributed by atoms with E-state index >= 15 is 0 Å². The summed E-state index contributed by atoms with van der Waals surface area (Å²) in [6, 6.07) is 4.10. The Morgan fingerprint density at radius 3 is 2.75 bits per heavy atom. The number of Topliss-reactive ketones (excluding diaryl/α,β-unsaturated/α-hetero) is 1. The van der Waals surface area contributed by atoms with Gasteiger partial charge in [-0.1, -0.05) is 0 Å². The Morgan fingerprint density at radius 1 is 1.44 bits per heavy atom. The fourth-order valence-electron chi connectivity index (χ4n) is 1.53. The van der Waals surface area contributed by atoms with Crippen molar-refractivity contribution in [2.75, 3.05) is 0 Å². The quantitative estimate of drug-likeness (QED) is 0.726. The van der Waals surface area contributed by atoms with Gasteiger partial charge < -0.3 is 0 Å². The van der Waals surface area contributed by atoms with Crippen LogP contribution in [0, 0.1) is 12.7 Å². The van der Waals surface area contributed by atoms with Crippen LogP contribution in [0.1, 0.15) is 22.8 Å². The molecule has 0 bridgehead atoms. The zero-order valence-electron chi connectivity index (χ0n) is 9.07. The SMILES string of the molecule is CC(=O)c1cc(F)ccc1-n1cc(C)cn1. The van der Waals surface area contributed by atoms with Crippen LogP contribution in [0.15, 0.2) is 30.6 Å². The van der Waals surface area contributed by atoms with Gasteiger partial charge in [-0.05, 0) is 37.6 Å². The molecule has 0 saturated carbocycles. The Hall–Kier alpha value is -1.97. The molecular formula is C12H11FN2O. The average molecular weight is 218 g/mol. The van der Waals surface area contributed by atoms with Gasteiger partial charge >= 0.3 is 0 Å². The lowest BCUT2D eigenvalue weighted by Crippen LogP contribution is -2.04. The van der Waals surface area contributed by atoms with Gasteiger partial charge in [0.25, 0.3) is 0 Å². The molecule has 0 aliphatic rings. The second-order valence-electron chi connectivity index (χ2n) is 3.68. The van der Waals surface area contributed by atoms with Crippen molar-refractivity contribution in [2.24, 2.45) is 0 Å². The van der Waals surface area contributed by atoms with E-state index in [1.807, 2.05) is 6.92 Å². The Morgan fingerprint density at radius 2 is 2.19 bits per heavy atom. The number of halogens is 1. The zero-order chi connectivity index (χ0) is 11.7. The van der Waals surface area contributed by atoms with Gasteiger partial charge in [0, 0.05) is 11.8 Å². The summed E-state index contributed by atoms with van der Waals surface area (Å²) < 4.78 is 14.6. The Kier molecular flexibility index (Phi) is 2.56. The molecule has 2 aromatic rings. The molecule has 0 N–H and O–H groups in total. The van der Waals surface area contributed by atoms with Gasteiger partial charge in [0.05, 0.1) is 11.9 Å². The summed E-state index contributed by atoms with van der Waals surface area (Å²) in [4.78, 5) is 11.4. The van der Waals surface area contributed by atoms with Gasteiger partial charge in [0.15, 0.2) is 5.78 Å². The third-order valence-corrected chi connectivity index (χ3v) is 2.30. The number of rotatable bonds is 2. The van der Waals surface area contributed by atoms with E-state index in [2.05, 4.69) is 5.10 Å². The van der Waals surface area contributed by atoms with Crippen LogP contribution < -0.4 is 0 Å². The fraction of sp³-hybridized carbons (Fsp3) is 0.167. The smallest absolute Gasteiger partial charge is 0.162 e. The number of ketones is 1. The molecule has 1 aromatic carbocycles. The lowest BCUT2D eigenvalue weighted by Gasteiger charge is -2.06. The molecule has 0 amide bonds. The van der Waals surface area contributed by atoms with E-state index in [1.54, 1.807) is 23.1 Å². The topological polar surface area (TPSA) is 34.9 Å². The predicted octanol–water partition coefficient (Wildman–Crippen LogP) is 2.52. The molecule has 0 aliphatic carbocycles. The zero-order valence-corrected chi connectivity index (χ0v) is 9.07. The molecule has 0 fully saturated rings. The number of hydrogen-bond donors (Lipinski definition) is 0. The minimum Gasteiger partial charge on any atom is -0.294 e. The molecule has 4 heteroatoms. The molecule has 0 spiro atoms.